The zero-order chi connectivity index (χ0) is 13.7. The fourth-order valence-electron chi connectivity index (χ4n) is 2.20. The highest BCUT2D eigenvalue weighted by Gasteiger charge is 2.16. The molecule has 1 aromatic carbocycles. The number of halogens is 2. The summed E-state index contributed by atoms with van der Waals surface area (Å²) in [6, 6.07) is 5.06. The average Bonchev–Trinajstić information content (AvgIpc) is 2.92. The smallest absolute Gasteiger partial charge is 0.223 e. The van der Waals surface area contributed by atoms with Crippen molar-refractivity contribution in [3.63, 3.8) is 0 Å². The second kappa shape index (κ2) is 7.01. The Hall–Kier alpha value is -0.940. The molecule has 0 bridgehead atoms. The molecule has 0 spiro atoms. The van der Waals surface area contributed by atoms with Gasteiger partial charge in [-0.3, -0.25) is 4.79 Å². The SMILES string of the molecule is O=C(CCNCc1ccc(Br)c(F)c1)N1CCCC1. The van der Waals surface area contributed by atoms with Gasteiger partial charge < -0.3 is 10.2 Å². The summed E-state index contributed by atoms with van der Waals surface area (Å²) in [5.74, 6) is -0.0422. The number of likely N-dealkylation sites (tertiary alicyclic amines) is 1. The highest BCUT2D eigenvalue weighted by atomic mass is 79.9. The molecule has 0 radical (unpaired) electrons. The van der Waals surface area contributed by atoms with Crippen LogP contribution >= 0.6 is 15.9 Å². The number of hydrogen-bond acceptors (Lipinski definition) is 2. The van der Waals surface area contributed by atoms with Crippen LogP contribution in [0.15, 0.2) is 22.7 Å². The van der Waals surface area contributed by atoms with Crippen LogP contribution in [-0.2, 0) is 11.3 Å². The van der Waals surface area contributed by atoms with Crippen LogP contribution in [0.1, 0.15) is 24.8 Å². The van der Waals surface area contributed by atoms with E-state index in [1.165, 1.54) is 6.07 Å². The first-order valence-corrected chi connectivity index (χ1v) is 7.38. The number of rotatable bonds is 5. The molecule has 3 nitrogen and oxygen atoms in total. The zero-order valence-electron chi connectivity index (χ0n) is 10.8. The first-order chi connectivity index (χ1) is 9.16. The third-order valence-electron chi connectivity index (χ3n) is 3.29. The fourth-order valence-corrected chi connectivity index (χ4v) is 2.45. The van der Waals surface area contributed by atoms with Crippen molar-refractivity contribution >= 4 is 21.8 Å². The lowest BCUT2D eigenvalue weighted by atomic mass is 10.2. The van der Waals surface area contributed by atoms with E-state index in [9.17, 15) is 9.18 Å². The number of carbonyl (C=O) groups is 1. The third-order valence-corrected chi connectivity index (χ3v) is 3.93. The minimum atomic E-state index is -0.257. The average molecular weight is 329 g/mol. The van der Waals surface area contributed by atoms with Crippen molar-refractivity contribution in [2.24, 2.45) is 0 Å². The number of amides is 1. The topological polar surface area (TPSA) is 32.3 Å². The van der Waals surface area contributed by atoms with Gasteiger partial charge in [-0.1, -0.05) is 6.07 Å². The van der Waals surface area contributed by atoms with Gasteiger partial charge in [0.15, 0.2) is 0 Å². The van der Waals surface area contributed by atoms with E-state index in [-0.39, 0.29) is 11.7 Å². The van der Waals surface area contributed by atoms with Crippen molar-refractivity contribution in [3.05, 3.63) is 34.1 Å². The molecule has 0 aliphatic carbocycles. The van der Waals surface area contributed by atoms with Crippen LogP contribution < -0.4 is 5.32 Å². The molecule has 1 N–H and O–H groups in total. The predicted molar refractivity (Wildman–Crippen MR) is 76.2 cm³/mol. The third kappa shape index (κ3) is 4.28. The Bertz CT molecular complexity index is 447. The minimum absolute atomic E-state index is 0.215. The summed E-state index contributed by atoms with van der Waals surface area (Å²) in [6.45, 7) is 3.01. The maximum Gasteiger partial charge on any atom is 0.223 e. The van der Waals surface area contributed by atoms with Gasteiger partial charge in [0.1, 0.15) is 5.82 Å². The summed E-state index contributed by atoms with van der Waals surface area (Å²) in [4.78, 5) is 13.7. The van der Waals surface area contributed by atoms with Gasteiger partial charge in [0.2, 0.25) is 5.91 Å². The Morgan fingerprint density at radius 1 is 1.37 bits per heavy atom. The highest BCUT2D eigenvalue weighted by Crippen LogP contribution is 2.16. The van der Waals surface area contributed by atoms with Crippen molar-refractivity contribution in [3.8, 4) is 0 Å². The first-order valence-electron chi connectivity index (χ1n) is 6.59. The number of benzene rings is 1. The van der Waals surface area contributed by atoms with E-state index in [1.807, 2.05) is 11.0 Å². The van der Waals surface area contributed by atoms with E-state index in [4.69, 9.17) is 0 Å². The van der Waals surface area contributed by atoms with Crippen LogP contribution in [0.4, 0.5) is 4.39 Å². The second-order valence-electron chi connectivity index (χ2n) is 4.76. The van der Waals surface area contributed by atoms with Gasteiger partial charge in [0.25, 0.3) is 0 Å². The highest BCUT2D eigenvalue weighted by molar-refractivity contribution is 9.10. The van der Waals surface area contributed by atoms with E-state index in [2.05, 4.69) is 21.2 Å². The summed E-state index contributed by atoms with van der Waals surface area (Å²) < 4.78 is 13.8. The molecule has 104 valence electrons. The number of carbonyl (C=O) groups excluding carboxylic acids is 1. The molecule has 0 saturated carbocycles. The lowest BCUT2D eigenvalue weighted by Crippen LogP contribution is -2.30. The molecule has 1 amide bonds. The molecule has 5 heteroatoms. The van der Waals surface area contributed by atoms with Gasteiger partial charge in [-0.25, -0.2) is 4.39 Å². The maximum atomic E-state index is 13.3. The van der Waals surface area contributed by atoms with Gasteiger partial charge in [-0.05, 0) is 46.5 Å². The predicted octanol–water partition coefficient (Wildman–Crippen LogP) is 2.69. The van der Waals surface area contributed by atoms with Gasteiger partial charge in [0.05, 0.1) is 4.47 Å². The molecule has 0 atom stereocenters. The van der Waals surface area contributed by atoms with Crippen molar-refractivity contribution in [1.82, 2.24) is 10.2 Å². The summed E-state index contributed by atoms with van der Waals surface area (Å²) >= 11 is 3.12. The van der Waals surface area contributed by atoms with Crippen LogP contribution in [-0.4, -0.2) is 30.4 Å². The van der Waals surface area contributed by atoms with Crippen LogP contribution in [0.3, 0.4) is 0 Å². The molecule has 1 fully saturated rings. The molecule has 1 heterocycles. The maximum absolute atomic E-state index is 13.3. The minimum Gasteiger partial charge on any atom is -0.343 e. The standard InChI is InChI=1S/C14H18BrFN2O/c15-12-4-3-11(9-13(12)16)10-17-6-5-14(19)18-7-1-2-8-18/h3-4,9,17H,1-2,5-8,10H2. The molecule has 2 rings (SSSR count). The Morgan fingerprint density at radius 2 is 2.11 bits per heavy atom. The Kier molecular flexibility index (Phi) is 5.34. The summed E-state index contributed by atoms with van der Waals surface area (Å²) in [7, 11) is 0. The van der Waals surface area contributed by atoms with E-state index in [0.29, 0.717) is 24.0 Å². The van der Waals surface area contributed by atoms with Crippen LogP contribution in [0.25, 0.3) is 0 Å². The van der Waals surface area contributed by atoms with Gasteiger partial charge in [0, 0.05) is 32.6 Å². The van der Waals surface area contributed by atoms with Crippen LogP contribution in [0, 0.1) is 5.82 Å². The summed E-state index contributed by atoms with van der Waals surface area (Å²) in [6.07, 6.45) is 2.76. The summed E-state index contributed by atoms with van der Waals surface area (Å²) in [5.41, 5.74) is 0.884. The van der Waals surface area contributed by atoms with Crippen molar-refractivity contribution < 1.29 is 9.18 Å². The molecule has 1 saturated heterocycles. The number of nitrogens with zero attached hydrogens (tertiary/aromatic N) is 1. The second-order valence-corrected chi connectivity index (χ2v) is 5.62. The van der Waals surface area contributed by atoms with Crippen LogP contribution in [0.5, 0.6) is 0 Å². The van der Waals surface area contributed by atoms with E-state index < -0.39 is 0 Å². The Labute approximate surface area is 121 Å². The normalized spacial score (nSPS) is 14.9. The molecule has 0 unspecified atom stereocenters. The van der Waals surface area contributed by atoms with E-state index in [1.54, 1.807) is 6.07 Å². The zero-order valence-corrected chi connectivity index (χ0v) is 12.4. The molecule has 1 aromatic rings. The number of hydrogen-bond donors (Lipinski definition) is 1. The lowest BCUT2D eigenvalue weighted by Gasteiger charge is -2.15. The largest absolute Gasteiger partial charge is 0.343 e. The first kappa shape index (κ1) is 14.5. The van der Waals surface area contributed by atoms with Crippen LogP contribution in [0.2, 0.25) is 0 Å². The van der Waals surface area contributed by atoms with E-state index in [0.717, 1.165) is 31.5 Å². The Balaban J connectivity index is 1.68. The molecule has 0 aromatic heterocycles. The van der Waals surface area contributed by atoms with Gasteiger partial charge in [-0.15, -0.1) is 0 Å². The van der Waals surface area contributed by atoms with Gasteiger partial charge >= 0.3 is 0 Å². The number of nitrogens with one attached hydrogen (secondary N) is 1. The monoisotopic (exact) mass is 328 g/mol. The Morgan fingerprint density at radius 3 is 2.79 bits per heavy atom. The quantitative estimate of drug-likeness (QED) is 0.843. The molecule has 1 aliphatic heterocycles. The van der Waals surface area contributed by atoms with Crippen molar-refractivity contribution in [2.75, 3.05) is 19.6 Å². The lowest BCUT2D eigenvalue weighted by molar-refractivity contribution is -0.130. The van der Waals surface area contributed by atoms with Gasteiger partial charge in [-0.2, -0.15) is 0 Å². The van der Waals surface area contributed by atoms with Crippen molar-refractivity contribution in [1.29, 1.82) is 0 Å². The molecular weight excluding hydrogens is 311 g/mol. The van der Waals surface area contributed by atoms with E-state index >= 15 is 0 Å². The molecule has 19 heavy (non-hydrogen) atoms. The van der Waals surface area contributed by atoms with Crippen molar-refractivity contribution in [2.45, 2.75) is 25.8 Å². The summed E-state index contributed by atoms with van der Waals surface area (Å²) in [5, 5.41) is 3.17. The molecule has 1 aliphatic rings. The molecular formula is C14H18BrFN2O. The fraction of sp³-hybridized carbons (Fsp3) is 0.500.